The van der Waals surface area contributed by atoms with Crippen LogP contribution in [0.1, 0.15) is 18.4 Å². The van der Waals surface area contributed by atoms with Crippen LogP contribution in [0.15, 0.2) is 53.5 Å². The van der Waals surface area contributed by atoms with Crippen molar-refractivity contribution in [1.29, 1.82) is 0 Å². The number of hydrogen-bond donors (Lipinski definition) is 4. The fourth-order valence-corrected chi connectivity index (χ4v) is 3.67. The Morgan fingerprint density at radius 1 is 1.08 bits per heavy atom. The predicted octanol–water partition coefficient (Wildman–Crippen LogP) is 3.10. The van der Waals surface area contributed by atoms with Crippen LogP contribution in [0.3, 0.4) is 0 Å². The lowest BCUT2D eigenvalue weighted by atomic mass is 9.85. The summed E-state index contributed by atoms with van der Waals surface area (Å²) in [5.74, 6) is 1.06. The van der Waals surface area contributed by atoms with Crippen LogP contribution in [0.4, 0.5) is 17.1 Å². The van der Waals surface area contributed by atoms with Gasteiger partial charge in [-0.25, -0.2) is 4.99 Å². The highest BCUT2D eigenvalue weighted by molar-refractivity contribution is 6.00. The normalized spacial score (nSPS) is 18.0. The van der Waals surface area contributed by atoms with E-state index in [9.17, 15) is 0 Å². The van der Waals surface area contributed by atoms with Crippen LogP contribution in [0.5, 0.6) is 0 Å². The van der Waals surface area contributed by atoms with Gasteiger partial charge < -0.3 is 21.3 Å². The number of benzene rings is 2. The van der Waals surface area contributed by atoms with Crippen LogP contribution >= 0.6 is 0 Å². The molecule has 1 spiro atoms. The quantitative estimate of drug-likeness (QED) is 0.696. The van der Waals surface area contributed by atoms with E-state index in [1.54, 1.807) is 0 Å². The van der Waals surface area contributed by atoms with E-state index in [0.29, 0.717) is 0 Å². The molecule has 5 heteroatoms. The van der Waals surface area contributed by atoms with Crippen molar-refractivity contribution in [2.24, 2.45) is 4.99 Å². The molecule has 130 valence electrons. The van der Waals surface area contributed by atoms with Crippen molar-refractivity contribution in [2.45, 2.75) is 24.9 Å². The van der Waals surface area contributed by atoms with Crippen LogP contribution in [0.25, 0.3) is 0 Å². The number of amidine groups is 1. The van der Waals surface area contributed by atoms with Crippen LogP contribution in [0.2, 0.25) is 0 Å². The number of aliphatic imine (C=N–C) groups is 1. The first-order valence-corrected chi connectivity index (χ1v) is 8.97. The number of fused-ring (bicyclic) bond motifs is 1. The molecule has 0 saturated carbocycles. The lowest BCUT2D eigenvalue weighted by Crippen LogP contribution is -2.58. The molecule has 2 aromatic carbocycles. The molecule has 0 aromatic heterocycles. The molecule has 4 rings (SSSR count). The molecule has 0 atom stereocenters. The Kier molecular flexibility index (Phi) is 4.32. The summed E-state index contributed by atoms with van der Waals surface area (Å²) in [5.41, 5.74) is 4.42. The number of piperidine rings is 1. The summed E-state index contributed by atoms with van der Waals surface area (Å²) >= 11 is 0. The molecule has 4 N–H and O–H groups in total. The predicted molar refractivity (Wildman–Crippen MR) is 105 cm³/mol. The van der Waals surface area contributed by atoms with E-state index in [1.165, 1.54) is 5.56 Å². The summed E-state index contributed by atoms with van der Waals surface area (Å²) < 4.78 is 0. The van der Waals surface area contributed by atoms with Crippen molar-refractivity contribution >= 4 is 22.9 Å². The van der Waals surface area contributed by atoms with Gasteiger partial charge in [-0.15, -0.1) is 0 Å². The molecule has 0 bridgehead atoms. The molecule has 0 aliphatic carbocycles. The summed E-state index contributed by atoms with van der Waals surface area (Å²) in [6, 6.07) is 16.8. The average molecular weight is 335 g/mol. The number of nitrogens with zero attached hydrogens (tertiary/aromatic N) is 1. The summed E-state index contributed by atoms with van der Waals surface area (Å²) in [7, 11) is 1.95. The van der Waals surface area contributed by atoms with Crippen LogP contribution in [0, 0.1) is 0 Å². The van der Waals surface area contributed by atoms with Gasteiger partial charge in [0.25, 0.3) is 0 Å². The molecule has 2 aliphatic heterocycles. The Balaban J connectivity index is 1.61. The summed E-state index contributed by atoms with van der Waals surface area (Å²) in [4.78, 5) is 4.98. The summed E-state index contributed by atoms with van der Waals surface area (Å²) in [6.07, 6.45) is 2.06. The maximum atomic E-state index is 4.98. The van der Waals surface area contributed by atoms with Crippen molar-refractivity contribution in [3.63, 3.8) is 0 Å². The van der Waals surface area contributed by atoms with Gasteiger partial charge in [0, 0.05) is 19.3 Å². The van der Waals surface area contributed by atoms with E-state index in [2.05, 4.69) is 63.7 Å². The molecular formula is C20H25N5. The molecule has 0 unspecified atom stereocenters. The van der Waals surface area contributed by atoms with Gasteiger partial charge in [0.15, 0.2) is 0 Å². The zero-order chi connectivity index (χ0) is 17.1. The SMILES string of the molecule is CNc1cccc(CNC2=Nc3ccccc3NC23CCNCC3)c1. The third-order valence-corrected chi connectivity index (χ3v) is 5.10. The maximum Gasteiger partial charge on any atom is 0.128 e. The van der Waals surface area contributed by atoms with E-state index in [0.717, 1.165) is 55.4 Å². The zero-order valence-electron chi connectivity index (χ0n) is 14.6. The first-order valence-electron chi connectivity index (χ1n) is 8.97. The topological polar surface area (TPSA) is 60.5 Å². The molecule has 5 nitrogen and oxygen atoms in total. The van der Waals surface area contributed by atoms with Crippen LogP contribution < -0.4 is 21.3 Å². The van der Waals surface area contributed by atoms with Crippen LogP contribution in [-0.2, 0) is 6.54 Å². The number of nitrogens with one attached hydrogen (secondary N) is 4. The molecule has 1 fully saturated rings. The smallest absolute Gasteiger partial charge is 0.128 e. The van der Waals surface area contributed by atoms with Crippen LogP contribution in [-0.4, -0.2) is 31.5 Å². The second-order valence-electron chi connectivity index (χ2n) is 6.74. The highest BCUT2D eigenvalue weighted by atomic mass is 15.2. The number of hydrogen-bond acceptors (Lipinski definition) is 5. The standard InChI is InChI=1S/C20H25N5/c1-21-16-6-4-5-15(13-16)14-23-19-20(9-11-22-12-10-20)25-18-8-3-2-7-17(18)24-19/h2-8,13,21-22,25H,9-12,14H2,1H3,(H,23,24). The lowest BCUT2D eigenvalue weighted by molar-refractivity contribution is 0.412. The third kappa shape index (κ3) is 3.20. The molecule has 0 radical (unpaired) electrons. The van der Waals surface area contributed by atoms with Gasteiger partial charge in [-0.05, 0) is 55.8 Å². The monoisotopic (exact) mass is 335 g/mol. The van der Waals surface area contributed by atoms with Gasteiger partial charge in [0.2, 0.25) is 0 Å². The number of anilines is 2. The fourth-order valence-electron chi connectivity index (χ4n) is 3.67. The van der Waals surface area contributed by atoms with Crippen molar-refractivity contribution in [2.75, 3.05) is 30.8 Å². The van der Waals surface area contributed by atoms with E-state index in [4.69, 9.17) is 4.99 Å². The van der Waals surface area contributed by atoms with Crippen molar-refractivity contribution in [3.05, 3.63) is 54.1 Å². The number of rotatable bonds is 3. The fraction of sp³-hybridized carbons (Fsp3) is 0.350. The molecular weight excluding hydrogens is 310 g/mol. The third-order valence-electron chi connectivity index (χ3n) is 5.10. The Bertz CT molecular complexity index is 777. The molecule has 0 amide bonds. The average Bonchev–Trinajstić information content (AvgIpc) is 2.67. The Labute approximate surface area is 148 Å². The van der Waals surface area contributed by atoms with Crippen molar-refractivity contribution in [3.8, 4) is 0 Å². The Morgan fingerprint density at radius 2 is 1.92 bits per heavy atom. The van der Waals surface area contributed by atoms with Gasteiger partial charge in [-0.3, -0.25) is 0 Å². The van der Waals surface area contributed by atoms with E-state index < -0.39 is 0 Å². The van der Waals surface area contributed by atoms with E-state index in [-0.39, 0.29) is 5.54 Å². The minimum atomic E-state index is -0.0970. The highest BCUT2D eigenvalue weighted by Crippen LogP contribution is 2.36. The molecule has 1 saturated heterocycles. The number of para-hydroxylation sites is 2. The zero-order valence-corrected chi connectivity index (χ0v) is 14.6. The second-order valence-corrected chi connectivity index (χ2v) is 6.74. The Hall–Kier alpha value is -2.53. The largest absolute Gasteiger partial charge is 0.388 e. The van der Waals surface area contributed by atoms with Gasteiger partial charge >= 0.3 is 0 Å². The first-order chi connectivity index (χ1) is 12.3. The highest BCUT2D eigenvalue weighted by Gasteiger charge is 2.40. The van der Waals surface area contributed by atoms with E-state index in [1.807, 2.05) is 13.1 Å². The van der Waals surface area contributed by atoms with Gasteiger partial charge in [-0.1, -0.05) is 24.3 Å². The minimum Gasteiger partial charge on any atom is -0.388 e. The maximum absolute atomic E-state index is 4.98. The second kappa shape index (κ2) is 6.76. The van der Waals surface area contributed by atoms with Crippen molar-refractivity contribution < 1.29 is 0 Å². The molecule has 25 heavy (non-hydrogen) atoms. The summed E-state index contributed by atoms with van der Waals surface area (Å²) in [6.45, 7) is 2.78. The van der Waals surface area contributed by atoms with Gasteiger partial charge in [0.05, 0.1) is 16.9 Å². The molecule has 2 heterocycles. The van der Waals surface area contributed by atoms with Gasteiger partial charge in [-0.2, -0.15) is 0 Å². The first kappa shape index (κ1) is 16.0. The van der Waals surface area contributed by atoms with Gasteiger partial charge in [0.1, 0.15) is 5.84 Å². The minimum absolute atomic E-state index is 0.0970. The molecule has 2 aromatic rings. The lowest BCUT2D eigenvalue weighted by Gasteiger charge is -2.43. The Morgan fingerprint density at radius 3 is 2.76 bits per heavy atom. The van der Waals surface area contributed by atoms with Crippen molar-refractivity contribution in [1.82, 2.24) is 10.6 Å². The summed E-state index contributed by atoms with van der Waals surface area (Å²) in [5, 5.41) is 14.1. The van der Waals surface area contributed by atoms with E-state index >= 15 is 0 Å². The molecule has 2 aliphatic rings.